The van der Waals surface area contributed by atoms with Crippen LogP contribution in [0.2, 0.25) is 0 Å². The van der Waals surface area contributed by atoms with E-state index < -0.39 is 0 Å². The van der Waals surface area contributed by atoms with E-state index in [2.05, 4.69) is 39.0 Å². The van der Waals surface area contributed by atoms with Crippen LogP contribution < -0.4 is 5.73 Å². The second-order valence-electron chi connectivity index (χ2n) is 4.93. The fourth-order valence-corrected chi connectivity index (χ4v) is 2.20. The Kier molecular flexibility index (Phi) is 2.15. The molecule has 76 valence electrons. The zero-order valence-electron chi connectivity index (χ0n) is 9.30. The van der Waals surface area contributed by atoms with Crippen molar-refractivity contribution < 1.29 is 0 Å². The van der Waals surface area contributed by atoms with Gasteiger partial charge in [-0.2, -0.15) is 0 Å². The SMILES string of the molecule is Cc1cc(C)cc(C(C)(N)C2CC2)c1. The number of hydrogen-bond acceptors (Lipinski definition) is 1. The fraction of sp³-hybridized carbons (Fsp3) is 0.538. The summed E-state index contributed by atoms with van der Waals surface area (Å²) in [4.78, 5) is 0. The molecule has 0 bridgehead atoms. The molecule has 1 aliphatic rings. The standard InChI is InChI=1S/C13H19N/c1-9-6-10(2)8-12(7-9)13(3,14)11-4-5-11/h6-8,11H,4-5,14H2,1-3H3. The number of rotatable bonds is 2. The summed E-state index contributed by atoms with van der Waals surface area (Å²) < 4.78 is 0. The van der Waals surface area contributed by atoms with Gasteiger partial charge in [0.05, 0.1) is 0 Å². The lowest BCUT2D eigenvalue weighted by atomic mass is 9.86. The molecule has 1 aromatic carbocycles. The van der Waals surface area contributed by atoms with Crippen molar-refractivity contribution in [3.8, 4) is 0 Å². The highest BCUT2D eigenvalue weighted by molar-refractivity contribution is 5.34. The van der Waals surface area contributed by atoms with Gasteiger partial charge >= 0.3 is 0 Å². The van der Waals surface area contributed by atoms with Crippen LogP contribution in [-0.2, 0) is 5.54 Å². The minimum Gasteiger partial charge on any atom is -0.321 e. The average molecular weight is 189 g/mol. The third-order valence-electron chi connectivity index (χ3n) is 3.27. The van der Waals surface area contributed by atoms with E-state index >= 15 is 0 Å². The van der Waals surface area contributed by atoms with Crippen molar-refractivity contribution in [2.75, 3.05) is 0 Å². The van der Waals surface area contributed by atoms with E-state index in [1.54, 1.807) is 0 Å². The third kappa shape index (κ3) is 1.69. The smallest absolute Gasteiger partial charge is 0.0409 e. The first kappa shape index (κ1) is 9.72. The van der Waals surface area contributed by atoms with Crippen LogP contribution in [-0.4, -0.2) is 0 Å². The van der Waals surface area contributed by atoms with Gasteiger partial charge in [-0.25, -0.2) is 0 Å². The van der Waals surface area contributed by atoms with Gasteiger partial charge in [-0.3, -0.25) is 0 Å². The molecule has 1 aromatic rings. The van der Waals surface area contributed by atoms with Crippen molar-refractivity contribution in [3.05, 3.63) is 34.9 Å². The maximum Gasteiger partial charge on any atom is 0.0409 e. The van der Waals surface area contributed by atoms with E-state index in [9.17, 15) is 0 Å². The second kappa shape index (κ2) is 3.09. The molecule has 14 heavy (non-hydrogen) atoms. The molecule has 0 spiro atoms. The van der Waals surface area contributed by atoms with E-state index in [1.165, 1.54) is 29.5 Å². The van der Waals surface area contributed by atoms with Crippen LogP contribution in [0.3, 0.4) is 0 Å². The Hall–Kier alpha value is -0.820. The Balaban J connectivity index is 2.39. The first-order chi connectivity index (χ1) is 6.50. The molecular formula is C13H19N. The first-order valence-electron chi connectivity index (χ1n) is 5.38. The van der Waals surface area contributed by atoms with E-state index in [0.717, 1.165) is 0 Å². The fourth-order valence-electron chi connectivity index (χ4n) is 2.20. The maximum absolute atomic E-state index is 6.38. The summed E-state index contributed by atoms with van der Waals surface area (Å²) in [5, 5.41) is 0. The lowest BCUT2D eigenvalue weighted by molar-refractivity contribution is 0.426. The number of aryl methyl sites for hydroxylation is 2. The molecule has 0 aromatic heterocycles. The molecule has 0 saturated heterocycles. The molecule has 1 unspecified atom stereocenters. The Morgan fingerprint density at radius 1 is 1.14 bits per heavy atom. The van der Waals surface area contributed by atoms with Gasteiger partial charge in [-0.05, 0) is 45.1 Å². The Morgan fingerprint density at radius 2 is 1.64 bits per heavy atom. The van der Waals surface area contributed by atoms with Gasteiger partial charge in [0.15, 0.2) is 0 Å². The van der Waals surface area contributed by atoms with Crippen molar-refractivity contribution in [1.82, 2.24) is 0 Å². The Bertz CT molecular complexity index is 328. The normalized spacial score (nSPS) is 20.6. The molecule has 2 N–H and O–H groups in total. The summed E-state index contributed by atoms with van der Waals surface area (Å²) in [5.41, 5.74) is 10.2. The predicted octanol–water partition coefficient (Wildman–Crippen LogP) is 2.89. The zero-order chi connectivity index (χ0) is 10.3. The molecule has 0 heterocycles. The molecule has 1 nitrogen and oxygen atoms in total. The summed E-state index contributed by atoms with van der Waals surface area (Å²) in [6, 6.07) is 6.66. The zero-order valence-corrected chi connectivity index (χ0v) is 9.30. The van der Waals surface area contributed by atoms with Crippen molar-refractivity contribution in [3.63, 3.8) is 0 Å². The molecule has 0 aliphatic heterocycles. The summed E-state index contributed by atoms with van der Waals surface area (Å²) in [5.74, 6) is 0.698. The topological polar surface area (TPSA) is 26.0 Å². The van der Waals surface area contributed by atoms with E-state index in [-0.39, 0.29) is 5.54 Å². The van der Waals surface area contributed by atoms with Crippen LogP contribution in [0.5, 0.6) is 0 Å². The predicted molar refractivity (Wildman–Crippen MR) is 60.2 cm³/mol. The Morgan fingerprint density at radius 3 is 2.07 bits per heavy atom. The molecule has 1 heteroatoms. The molecule has 0 radical (unpaired) electrons. The molecule has 0 amide bonds. The van der Waals surface area contributed by atoms with E-state index in [4.69, 9.17) is 5.73 Å². The van der Waals surface area contributed by atoms with Crippen molar-refractivity contribution >= 4 is 0 Å². The summed E-state index contributed by atoms with van der Waals surface area (Å²) >= 11 is 0. The average Bonchev–Trinajstić information content (AvgIpc) is 2.83. The second-order valence-corrected chi connectivity index (χ2v) is 4.93. The van der Waals surface area contributed by atoms with Crippen LogP contribution in [0, 0.1) is 19.8 Å². The minimum atomic E-state index is -0.114. The van der Waals surface area contributed by atoms with E-state index in [0.29, 0.717) is 5.92 Å². The molecule has 1 fully saturated rings. The van der Waals surface area contributed by atoms with Crippen LogP contribution in [0.1, 0.15) is 36.5 Å². The molecular weight excluding hydrogens is 170 g/mol. The number of benzene rings is 1. The molecule has 1 aliphatic carbocycles. The van der Waals surface area contributed by atoms with Crippen molar-refractivity contribution in [2.45, 2.75) is 39.2 Å². The van der Waals surface area contributed by atoms with Gasteiger partial charge < -0.3 is 5.73 Å². The van der Waals surface area contributed by atoms with Crippen LogP contribution in [0.4, 0.5) is 0 Å². The third-order valence-corrected chi connectivity index (χ3v) is 3.27. The van der Waals surface area contributed by atoms with Gasteiger partial charge in [0.1, 0.15) is 0 Å². The molecule has 1 saturated carbocycles. The summed E-state index contributed by atoms with van der Waals surface area (Å²) in [6.45, 7) is 6.44. The van der Waals surface area contributed by atoms with Crippen molar-refractivity contribution in [1.29, 1.82) is 0 Å². The highest BCUT2D eigenvalue weighted by atomic mass is 14.8. The lowest BCUT2D eigenvalue weighted by Crippen LogP contribution is -2.35. The monoisotopic (exact) mass is 189 g/mol. The van der Waals surface area contributed by atoms with Gasteiger partial charge in [0.25, 0.3) is 0 Å². The summed E-state index contributed by atoms with van der Waals surface area (Å²) in [6.07, 6.45) is 2.58. The highest BCUT2D eigenvalue weighted by Crippen LogP contribution is 2.43. The largest absolute Gasteiger partial charge is 0.321 e. The highest BCUT2D eigenvalue weighted by Gasteiger charge is 2.39. The maximum atomic E-state index is 6.38. The first-order valence-corrected chi connectivity index (χ1v) is 5.38. The molecule has 1 atom stereocenters. The van der Waals surface area contributed by atoms with Gasteiger partial charge in [-0.15, -0.1) is 0 Å². The van der Waals surface area contributed by atoms with Crippen LogP contribution in [0.25, 0.3) is 0 Å². The number of nitrogens with two attached hydrogens (primary N) is 1. The quantitative estimate of drug-likeness (QED) is 0.760. The van der Waals surface area contributed by atoms with Crippen molar-refractivity contribution in [2.24, 2.45) is 11.7 Å². The van der Waals surface area contributed by atoms with Gasteiger partial charge in [0, 0.05) is 5.54 Å². The van der Waals surface area contributed by atoms with E-state index in [1.807, 2.05) is 0 Å². The lowest BCUT2D eigenvalue weighted by Gasteiger charge is -2.26. The Labute approximate surface area is 86.3 Å². The summed E-state index contributed by atoms with van der Waals surface area (Å²) in [7, 11) is 0. The van der Waals surface area contributed by atoms with Crippen LogP contribution in [0.15, 0.2) is 18.2 Å². The van der Waals surface area contributed by atoms with Gasteiger partial charge in [-0.1, -0.05) is 29.3 Å². The number of hydrogen-bond donors (Lipinski definition) is 1. The molecule has 2 rings (SSSR count). The van der Waals surface area contributed by atoms with Gasteiger partial charge in [0.2, 0.25) is 0 Å². The van der Waals surface area contributed by atoms with Crippen LogP contribution >= 0.6 is 0 Å². The minimum absolute atomic E-state index is 0.114.